The minimum atomic E-state index is 0.497. The van der Waals surface area contributed by atoms with Crippen LogP contribution in [0.25, 0.3) is 11.4 Å². The van der Waals surface area contributed by atoms with Gasteiger partial charge in [0.15, 0.2) is 0 Å². The number of aryl methyl sites for hydroxylation is 2. The van der Waals surface area contributed by atoms with Crippen molar-refractivity contribution < 1.29 is 0 Å². The van der Waals surface area contributed by atoms with Crippen molar-refractivity contribution in [2.75, 3.05) is 13.1 Å². The van der Waals surface area contributed by atoms with Gasteiger partial charge in [0.05, 0.1) is 5.69 Å². The van der Waals surface area contributed by atoms with E-state index in [1.54, 1.807) is 0 Å². The fourth-order valence-corrected chi connectivity index (χ4v) is 3.20. The molecule has 0 bridgehead atoms. The maximum Gasteiger partial charge on any atom is 0.126 e. The average molecular weight is 299 g/mol. The number of aromatic amines is 1. The van der Waals surface area contributed by atoms with Crippen LogP contribution in [0.5, 0.6) is 0 Å². The number of aromatic nitrogens is 4. The molecule has 0 aromatic carbocycles. The van der Waals surface area contributed by atoms with Crippen molar-refractivity contribution in [3.8, 4) is 11.4 Å². The highest BCUT2D eigenvalue weighted by molar-refractivity contribution is 5.54. The van der Waals surface area contributed by atoms with E-state index in [1.807, 2.05) is 19.9 Å². The number of hydrogen-bond acceptors (Lipinski definition) is 4. The summed E-state index contributed by atoms with van der Waals surface area (Å²) in [5.74, 6) is 1.33. The summed E-state index contributed by atoms with van der Waals surface area (Å²) in [6.07, 6.45) is 2.45. The number of H-pyrrole nitrogens is 1. The molecule has 3 heterocycles. The van der Waals surface area contributed by atoms with E-state index >= 15 is 0 Å². The Morgan fingerprint density at radius 2 is 2.00 bits per heavy atom. The lowest BCUT2D eigenvalue weighted by Gasteiger charge is -2.35. The average Bonchev–Trinajstić information content (AvgIpc) is 2.93. The van der Waals surface area contributed by atoms with Gasteiger partial charge < -0.3 is 4.90 Å². The second-order valence-corrected chi connectivity index (χ2v) is 6.59. The highest BCUT2D eigenvalue weighted by Gasteiger charge is 2.24. The maximum atomic E-state index is 4.71. The summed E-state index contributed by atoms with van der Waals surface area (Å²) in [6, 6.07) is 4.75. The van der Waals surface area contributed by atoms with Gasteiger partial charge in [-0.05, 0) is 59.2 Å². The summed E-state index contributed by atoms with van der Waals surface area (Å²) in [5.41, 5.74) is 4.04. The number of rotatable bonds is 3. The van der Waals surface area contributed by atoms with Gasteiger partial charge in [0.25, 0.3) is 0 Å². The Labute approximate surface area is 132 Å². The molecule has 1 N–H and O–H groups in total. The Morgan fingerprint density at radius 3 is 2.68 bits per heavy atom. The number of nitrogens with one attached hydrogen (secondary N) is 1. The van der Waals surface area contributed by atoms with Crippen molar-refractivity contribution in [1.29, 1.82) is 0 Å². The summed E-state index contributed by atoms with van der Waals surface area (Å²) < 4.78 is 0. The molecule has 1 aliphatic heterocycles. The van der Waals surface area contributed by atoms with Crippen LogP contribution in [-0.4, -0.2) is 44.2 Å². The SMILES string of the molecule is Cc1nc(-c2cc(C)[nH]n2)cc(C2CCCN(C(C)C)C2)n1. The van der Waals surface area contributed by atoms with Crippen LogP contribution in [-0.2, 0) is 0 Å². The minimum absolute atomic E-state index is 0.497. The highest BCUT2D eigenvalue weighted by atomic mass is 15.2. The molecule has 0 saturated carbocycles. The summed E-state index contributed by atoms with van der Waals surface area (Å²) in [4.78, 5) is 11.8. The molecule has 1 aliphatic rings. The molecule has 5 heteroatoms. The summed E-state index contributed by atoms with van der Waals surface area (Å²) >= 11 is 0. The molecular formula is C17H25N5. The van der Waals surface area contributed by atoms with Crippen molar-refractivity contribution in [1.82, 2.24) is 25.1 Å². The Bertz CT molecular complexity index is 646. The van der Waals surface area contributed by atoms with E-state index in [0.29, 0.717) is 12.0 Å². The van der Waals surface area contributed by atoms with Crippen LogP contribution >= 0.6 is 0 Å². The zero-order chi connectivity index (χ0) is 15.7. The van der Waals surface area contributed by atoms with Crippen molar-refractivity contribution in [3.05, 3.63) is 29.3 Å². The second kappa shape index (κ2) is 6.16. The second-order valence-electron chi connectivity index (χ2n) is 6.59. The Hall–Kier alpha value is -1.75. The highest BCUT2D eigenvalue weighted by Crippen LogP contribution is 2.28. The standard InChI is InChI=1S/C17H25N5/c1-11(2)22-7-5-6-14(10-22)15-9-16(19-13(4)18-15)17-8-12(3)20-21-17/h8-9,11,14H,5-7,10H2,1-4H3,(H,20,21). The minimum Gasteiger partial charge on any atom is -0.300 e. The Kier molecular flexibility index (Phi) is 4.25. The van der Waals surface area contributed by atoms with Gasteiger partial charge in [-0.2, -0.15) is 5.10 Å². The molecular weight excluding hydrogens is 274 g/mol. The molecule has 0 aliphatic carbocycles. The molecule has 2 aromatic heterocycles. The van der Waals surface area contributed by atoms with Crippen LogP contribution in [0.15, 0.2) is 12.1 Å². The van der Waals surface area contributed by atoms with Gasteiger partial charge in [-0.1, -0.05) is 0 Å². The van der Waals surface area contributed by atoms with E-state index in [1.165, 1.54) is 19.4 Å². The topological polar surface area (TPSA) is 57.7 Å². The lowest BCUT2D eigenvalue weighted by Crippen LogP contribution is -2.39. The van der Waals surface area contributed by atoms with Crippen molar-refractivity contribution in [2.45, 2.75) is 52.5 Å². The Balaban J connectivity index is 1.89. The smallest absolute Gasteiger partial charge is 0.126 e. The van der Waals surface area contributed by atoms with Gasteiger partial charge in [-0.15, -0.1) is 0 Å². The molecule has 1 saturated heterocycles. The predicted molar refractivity (Wildman–Crippen MR) is 87.8 cm³/mol. The van der Waals surface area contributed by atoms with E-state index in [-0.39, 0.29) is 0 Å². The third-order valence-electron chi connectivity index (χ3n) is 4.43. The molecule has 118 valence electrons. The Morgan fingerprint density at radius 1 is 1.18 bits per heavy atom. The largest absolute Gasteiger partial charge is 0.300 e. The van der Waals surface area contributed by atoms with E-state index < -0.39 is 0 Å². The number of likely N-dealkylation sites (tertiary alicyclic amines) is 1. The molecule has 0 amide bonds. The van der Waals surface area contributed by atoms with Gasteiger partial charge in [-0.3, -0.25) is 5.10 Å². The van der Waals surface area contributed by atoms with Gasteiger partial charge in [-0.25, -0.2) is 9.97 Å². The third-order valence-corrected chi connectivity index (χ3v) is 4.43. The molecule has 0 radical (unpaired) electrons. The monoisotopic (exact) mass is 299 g/mol. The van der Waals surface area contributed by atoms with E-state index in [0.717, 1.165) is 35.1 Å². The lowest BCUT2D eigenvalue weighted by atomic mass is 9.93. The normalized spacial score (nSPS) is 19.8. The summed E-state index contributed by atoms with van der Waals surface area (Å²) in [5, 5.41) is 7.32. The molecule has 0 spiro atoms. The fraction of sp³-hybridized carbons (Fsp3) is 0.588. The first-order valence-electron chi connectivity index (χ1n) is 8.15. The first-order valence-corrected chi connectivity index (χ1v) is 8.15. The van der Waals surface area contributed by atoms with Crippen molar-refractivity contribution in [2.24, 2.45) is 0 Å². The molecule has 1 atom stereocenters. The summed E-state index contributed by atoms with van der Waals surface area (Å²) in [6.45, 7) is 10.8. The maximum absolute atomic E-state index is 4.71. The van der Waals surface area contributed by atoms with Crippen LogP contribution in [0, 0.1) is 13.8 Å². The van der Waals surface area contributed by atoms with Crippen LogP contribution in [0.4, 0.5) is 0 Å². The van der Waals surface area contributed by atoms with Crippen molar-refractivity contribution >= 4 is 0 Å². The van der Waals surface area contributed by atoms with Gasteiger partial charge in [0.2, 0.25) is 0 Å². The van der Waals surface area contributed by atoms with E-state index in [2.05, 4.69) is 40.0 Å². The van der Waals surface area contributed by atoms with Gasteiger partial charge in [0, 0.05) is 29.9 Å². The van der Waals surface area contributed by atoms with Gasteiger partial charge >= 0.3 is 0 Å². The quantitative estimate of drug-likeness (QED) is 0.946. The molecule has 2 aromatic rings. The first kappa shape index (κ1) is 15.2. The fourth-order valence-electron chi connectivity index (χ4n) is 3.20. The zero-order valence-corrected chi connectivity index (χ0v) is 13.9. The van der Waals surface area contributed by atoms with E-state index in [4.69, 9.17) is 4.98 Å². The lowest BCUT2D eigenvalue weighted by molar-refractivity contribution is 0.166. The molecule has 3 rings (SSSR count). The van der Waals surface area contributed by atoms with Crippen LogP contribution in [0.1, 0.15) is 49.8 Å². The number of hydrogen-bond donors (Lipinski definition) is 1. The first-order chi connectivity index (χ1) is 10.5. The van der Waals surface area contributed by atoms with Crippen LogP contribution in [0.3, 0.4) is 0 Å². The molecule has 1 fully saturated rings. The zero-order valence-electron chi connectivity index (χ0n) is 13.9. The number of nitrogens with zero attached hydrogens (tertiary/aromatic N) is 4. The van der Waals surface area contributed by atoms with Crippen molar-refractivity contribution in [3.63, 3.8) is 0 Å². The number of piperidine rings is 1. The summed E-state index contributed by atoms with van der Waals surface area (Å²) in [7, 11) is 0. The van der Waals surface area contributed by atoms with Crippen LogP contribution in [0.2, 0.25) is 0 Å². The third kappa shape index (κ3) is 3.19. The van der Waals surface area contributed by atoms with Gasteiger partial charge in [0.1, 0.15) is 11.5 Å². The predicted octanol–water partition coefficient (Wildman–Crippen LogP) is 3.07. The molecule has 1 unspecified atom stereocenters. The molecule has 22 heavy (non-hydrogen) atoms. The molecule has 5 nitrogen and oxygen atoms in total. The van der Waals surface area contributed by atoms with E-state index in [9.17, 15) is 0 Å². The van der Waals surface area contributed by atoms with Crippen LogP contribution < -0.4 is 0 Å².